The van der Waals surface area contributed by atoms with E-state index in [9.17, 15) is 8.42 Å². The quantitative estimate of drug-likeness (QED) is 0.737. The fourth-order valence-electron chi connectivity index (χ4n) is 3.29. The van der Waals surface area contributed by atoms with Gasteiger partial charge in [0, 0.05) is 36.3 Å². The molecule has 21 heavy (non-hydrogen) atoms. The van der Waals surface area contributed by atoms with Gasteiger partial charge in [-0.15, -0.1) is 0 Å². The lowest BCUT2D eigenvalue weighted by Gasteiger charge is -2.45. The minimum absolute atomic E-state index is 0.0990. The van der Waals surface area contributed by atoms with Crippen molar-refractivity contribution in [2.75, 3.05) is 6.61 Å². The highest BCUT2D eigenvalue weighted by molar-refractivity contribution is 7.89. The first-order valence-corrected chi connectivity index (χ1v) is 8.38. The zero-order valence-electron chi connectivity index (χ0n) is 11.2. The van der Waals surface area contributed by atoms with E-state index in [0.29, 0.717) is 17.6 Å². The van der Waals surface area contributed by atoms with E-state index >= 15 is 0 Å². The van der Waals surface area contributed by atoms with E-state index in [0.717, 1.165) is 6.42 Å². The number of fused-ring (bicyclic) bond motifs is 2. The molecule has 4 unspecified atom stereocenters. The second kappa shape index (κ2) is 4.51. The van der Waals surface area contributed by atoms with Gasteiger partial charge < -0.3 is 15.5 Å². The van der Waals surface area contributed by atoms with Gasteiger partial charge in [0.05, 0.1) is 12.1 Å². The molecule has 1 aliphatic carbocycles. The lowest BCUT2D eigenvalue weighted by Crippen LogP contribution is -2.68. The Morgan fingerprint density at radius 1 is 1.48 bits per heavy atom. The molecule has 2 aromatic heterocycles. The molecule has 7 nitrogen and oxygen atoms in total. The number of rotatable bonds is 3. The number of nitrogens with zero attached hydrogens (tertiary/aromatic N) is 1. The zero-order valence-corrected chi connectivity index (χ0v) is 12.0. The average Bonchev–Trinajstić information content (AvgIpc) is 3.09. The monoisotopic (exact) mass is 308 g/mol. The highest BCUT2D eigenvalue weighted by Crippen LogP contribution is 2.38. The lowest BCUT2D eigenvalue weighted by atomic mass is 9.73. The maximum Gasteiger partial charge on any atom is 0.243 e. The SMILES string of the molecule is NC1C2CCOC2C1NS(=O)(=O)c1c[nH]c2ncccc12. The van der Waals surface area contributed by atoms with Gasteiger partial charge in [-0.1, -0.05) is 0 Å². The summed E-state index contributed by atoms with van der Waals surface area (Å²) in [7, 11) is -3.66. The number of pyridine rings is 1. The first-order valence-electron chi connectivity index (χ1n) is 6.89. The molecule has 2 aromatic rings. The van der Waals surface area contributed by atoms with Crippen molar-refractivity contribution in [2.45, 2.75) is 29.5 Å². The van der Waals surface area contributed by atoms with Gasteiger partial charge in [-0.2, -0.15) is 0 Å². The molecule has 4 atom stereocenters. The van der Waals surface area contributed by atoms with Gasteiger partial charge >= 0.3 is 0 Å². The second-order valence-electron chi connectivity index (χ2n) is 5.56. The molecule has 0 spiro atoms. The predicted molar refractivity (Wildman–Crippen MR) is 76.0 cm³/mol. The number of nitrogens with two attached hydrogens (primary N) is 1. The van der Waals surface area contributed by atoms with Crippen LogP contribution in [0.5, 0.6) is 0 Å². The minimum atomic E-state index is -3.66. The molecule has 1 aliphatic heterocycles. The molecule has 1 saturated carbocycles. The normalized spacial score (nSPS) is 32.0. The van der Waals surface area contributed by atoms with Crippen LogP contribution in [0.25, 0.3) is 11.0 Å². The number of aromatic nitrogens is 2. The van der Waals surface area contributed by atoms with Crippen molar-refractivity contribution in [3.8, 4) is 0 Å². The van der Waals surface area contributed by atoms with Crippen molar-refractivity contribution in [1.82, 2.24) is 14.7 Å². The molecule has 2 fully saturated rings. The maximum absolute atomic E-state index is 12.6. The first kappa shape index (κ1) is 13.2. The molecule has 4 rings (SSSR count). The molecule has 8 heteroatoms. The van der Waals surface area contributed by atoms with Crippen LogP contribution in [-0.4, -0.2) is 43.2 Å². The number of hydrogen-bond donors (Lipinski definition) is 3. The molecule has 0 aromatic carbocycles. The molecule has 3 heterocycles. The molecular formula is C13H16N4O3S. The van der Waals surface area contributed by atoms with Crippen LogP contribution in [0, 0.1) is 5.92 Å². The fraction of sp³-hybridized carbons (Fsp3) is 0.462. The van der Waals surface area contributed by atoms with Crippen LogP contribution in [0.1, 0.15) is 6.42 Å². The summed E-state index contributed by atoms with van der Waals surface area (Å²) in [5, 5.41) is 0.571. The van der Waals surface area contributed by atoms with Crippen LogP contribution >= 0.6 is 0 Å². The Kier molecular flexibility index (Phi) is 2.83. The number of aromatic amines is 1. The molecule has 0 amide bonds. The Hall–Kier alpha value is -1.48. The van der Waals surface area contributed by atoms with Gasteiger partial charge in [0.25, 0.3) is 0 Å². The van der Waals surface area contributed by atoms with Crippen LogP contribution < -0.4 is 10.5 Å². The van der Waals surface area contributed by atoms with E-state index < -0.39 is 10.0 Å². The minimum Gasteiger partial charge on any atom is -0.376 e. The summed E-state index contributed by atoms with van der Waals surface area (Å²) in [6, 6.07) is 2.89. The first-order chi connectivity index (χ1) is 10.1. The third kappa shape index (κ3) is 1.90. The van der Waals surface area contributed by atoms with Crippen molar-refractivity contribution in [1.29, 1.82) is 0 Å². The molecular weight excluding hydrogens is 292 g/mol. The Bertz CT molecular complexity index is 788. The molecule has 2 aliphatic rings. The number of nitrogens with one attached hydrogen (secondary N) is 2. The highest BCUT2D eigenvalue weighted by Gasteiger charge is 2.53. The second-order valence-corrected chi connectivity index (χ2v) is 7.25. The summed E-state index contributed by atoms with van der Waals surface area (Å²) >= 11 is 0. The largest absolute Gasteiger partial charge is 0.376 e. The van der Waals surface area contributed by atoms with Gasteiger partial charge in [-0.3, -0.25) is 0 Å². The van der Waals surface area contributed by atoms with Gasteiger partial charge in [0.1, 0.15) is 10.5 Å². The molecule has 1 saturated heterocycles. The Morgan fingerprint density at radius 3 is 3.19 bits per heavy atom. The van der Waals surface area contributed by atoms with Crippen molar-refractivity contribution in [3.05, 3.63) is 24.5 Å². The standard InChI is InChI=1S/C13H16N4O3S/c14-10-8-3-5-20-12(8)11(10)17-21(18,19)9-6-16-13-7(9)2-1-4-15-13/h1-2,4,6,8,10-12,17H,3,5,14H2,(H,15,16). The average molecular weight is 308 g/mol. The fourth-order valence-corrected chi connectivity index (χ4v) is 4.74. The van der Waals surface area contributed by atoms with Crippen LogP contribution in [0.2, 0.25) is 0 Å². The summed E-state index contributed by atoms with van der Waals surface area (Å²) in [4.78, 5) is 7.16. The molecule has 0 radical (unpaired) electrons. The van der Waals surface area contributed by atoms with E-state index in [1.54, 1.807) is 18.3 Å². The van der Waals surface area contributed by atoms with Crippen LogP contribution in [0.15, 0.2) is 29.4 Å². The summed E-state index contributed by atoms with van der Waals surface area (Å²) in [6.07, 6.45) is 3.87. The third-order valence-corrected chi connectivity index (χ3v) is 5.94. The summed E-state index contributed by atoms with van der Waals surface area (Å²) in [5.74, 6) is 0.266. The molecule has 4 N–H and O–H groups in total. The number of H-pyrrole nitrogens is 1. The molecule has 112 valence electrons. The summed E-state index contributed by atoms with van der Waals surface area (Å²) in [6.45, 7) is 0.651. The Balaban J connectivity index is 1.65. The van der Waals surface area contributed by atoms with E-state index in [1.165, 1.54) is 6.20 Å². The van der Waals surface area contributed by atoms with Gasteiger partial charge in [-0.25, -0.2) is 18.1 Å². The number of sulfonamides is 1. The Morgan fingerprint density at radius 2 is 2.33 bits per heavy atom. The van der Waals surface area contributed by atoms with Crippen LogP contribution in [0.4, 0.5) is 0 Å². The van der Waals surface area contributed by atoms with Gasteiger partial charge in [-0.05, 0) is 18.6 Å². The number of ether oxygens (including phenoxy) is 1. The van der Waals surface area contributed by atoms with E-state index in [4.69, 9.17) is 10.5 Å². The van der Waals surface area contributed by atoms with Crippen LogP contribution in [0.3, 0.4) is 0 Å². The topological polar surface area (TPSA) is 110 Å². The smallest absolute Gasteiger partial charge is 0.243 e. The van der Waals surface area contributed by atoms with Crippen LogP contribution in [-0.2, 0) is 14.8 Å². The summed E-state index contributed by atoms with van der Waals surface area (Å²) in [5.41, 5.74) is 6.60. The van der Waals surface area contributed by atoms with Crippen molar-refractivity contribution in [3.63, 3.8) is 0 Å². The summed E-state index contributed by atoms with van der Waals surface area (Å²) < 4.78 is 33.4. The maximum atomic E-state index is 12.6. The lowest BCUT2D eigenvalue weighted by molar-refractivity contribution is -0.00923. The number of hydrogen-bond acceptors (Lipinski definition) is 5. The van der Waals surface area contributed by atoms with Gasteiger partial charge in [0.15, 0.2) is 0 Å². The van der Waals surface area contributed by atoms with E-state index in [1.807, 2.05) is 0 Å². The van der Waals surface area contributed by atoms with Crippen molar-refractivity contribution < 1.29 is 13.2 Å². The van der Waals surface area contributed by atoms with Gasteiger partial charge in [0.2, 0.25) is 10.0 Å². The van der Waals surface area contributed by atoms with Crippen molar-refractivity contribution >= 4 is 21.1 Å². The van der Waals surface area contributed by atoms with Crippen molar-refractivity contribution in [2.24, 2.45) is 11.7 Å². The highest BCUT2D eigenvalue weighted by atomic mass is 32.2. The van der Waals surface area contributed by atoms with E-state index in [-0.39, 0.29) is 29.0 Å². The third-order valence-electron chi connectivity index (χ3n) is 4.44. The van der Waals surface area contributed by atoms with E-state index in [2.05, 4.69) is 14.7 Å². The predicted octanol–water partition coefficient (Wildman–Crippen LogP) is -0.0442. The molecule has 0 bridgehead atoms. The zero-order chi connectivity index (χ0) is 14.6. The Labute approximate surface area is 121 Å².